The Morgan fingerprint density at radius 1 is 1.07 bits per heavy atom. The number of hydrogen-bond donors (Lipinski definition) is 1. The van der Waals surface area contributed by atoms with E-state index in [2.05, 4.69) is 15.9 Å². The summed E-state index contributed by atoms with van der Waals surface area (Å²) in [5, 5.41) is 11.0. The van der Waals surface area contributed by atoms with Gasteiger partial charge < -0.3 is 19.5 Å². The highest BCUT2D eigenvalue weighted by atomic mass is 79.9. The third kappa shape index (κ3) is 4.36. The monoisotopic (exact) mass is 459 g/mol. The van der Waals surface area contributed by atoms with Crippen molar-refractivity contribution in [3.63, 3.8) is 0 Å². The smallest absolute Gasteiger partial charge is 0.295 e. The van der Waals surface area contributed by atoms with Crippen molar-refractivity contribution in [2.75, 3.05) is 27.4 Å². The Bertz CT molecular complexity index is 921. The molecule has 1 atom stereocenters. The number of likely N-dealkylation sites (tertiary alicyclic amines) is 1. The molecule has 1 aliphatic heterocycles. The Kier molecular flexibility index (Phi) is 6.71. The first-order chi connectivity index (χ1) is 14.0. The SMILES string of the molecule is COCCCN1C(=O)C(=O)C(=C(O)c2ccc(OC)cc2)[C@H]1c1ccc(Br)cc1. The molecular weight excluding hydrogens is 438 g/mol. The average molecular weight is 460 g/mol. The summed E-state index contributed by atoms with van der Waals surface area (Å²) in [5.41, 5.74) is 1.28. The Labute approximate surface area is 177 Å². The lowest BCUT2D eigenvalue weighted by atomic mass is 9.95. The van der Waals surface area contributed by atoms with Crippen LogP contribution in [0.4, 0.5) is 0 Å². The van der Waals surface area contributed by atoms with E-state index in [1.54, 1.807) is 38.5 Å². The molecule has 1 aliphatic rings. The van der Waals surface area contributed by atoms with E-state index in [9.17, 15) is 14.7 Å². The first-order valence-corrected chi connectivity index (χ1v) is 9.94. The van der Waals surface area contributed by atoms with Gasteiger partial charge in [0.15, 0.2) is 0 Å². The van der Waals surface area contributed by atoms with Gasteiger partial charge in [0, 0.05) is 30.3 Å². The molecule has 0 spiro atoms. The summed E-state index contributed by atoms with van der Waals surface area (Å²) in [6.45, 7) is 0.813. The standard InChI is InChI=1S/C22H22BrNO5/c1-28-13-3-12-24-19(14-4-8-16(23)9-5-14)18(21(26)22(24)27)20(25)15-6-10-17(29-2)11-7-15/h4-11,19,25H,3,12-13H2,1-2H3/t19-/m1/s1. The van der Waals surface area contributed by atoms with Crippen LogP contribution in [0.1, 0.15) is 23.6 Å². The van der Waals surface area contributed by atoms with E-state index in [4.69, 9.17) is 9.47 Å². The van der Waals surface area contributed by atoms with Gasteiger partial charge in [0.25, 0.3) is 11.7 Å². The van der Waals surface area contributed by atoms with Gasteiger partial charge in [-0.05, 0) is 48.4 Å². The van der Waals surface area contributed by atoms with Crippen LogP contribution in [0.2, 0.25) is 0 Å². The summed E-state index contributed by atoms with van der Waals surface area (Å²) >= 11 is 3.40. The first kappa shape index (κ1) is 21.1. The normalized spacial score (nSPS) is 18.3. The number of aliphatic hydroxyl groups is 1. The van der Waals surface area contributed by atoms with Crippen LogP contribution in [0, 0.1) is 0 Å². The molecule has 0 aliphatic carbocycles. The van der Waals surface area contributed by atoms with Crippen LogP contribution in [0.3, 0.4) is 0 Å². The fourth-order valence-electron chi connectivity index (χ4n) is 3.39. The zero-order chi connectivity index (χ0) is 21.0. The van der Waals surface area contributed by atoms with E-state index in [0.29, 0.717) is 30.9 Å². The minimum absolute atomic E-state index is 0.0832. The van der Waals surface area contributed by atoms with E-state index in [0.717, 1.165) is 10.0 Å². The average Bonchev–Trinajstić information content (AvgIpc) is 2.99. The van der Waals surface area contributed by atoms with E-state index >= 15 is 0 Å². The van der Waals surface area contributed by atoms with Gasteiger partial charge in [-0.1, -0.05) is 28.1 Å². The number of rotatable bonds is 7. The van der Waals surface area contributed by atoms with E-state index < -0.39 is 17.7 Å². The van der Waals surface area contributed by atoms with Gasteiger partial charge in [0.2, 0.25) is 0 Å². The number of ketones is 1. The lowest BCUT2D eigenvalue weighted by Gasteiger charge is -2.25. The number of methoxy groups -OCH3 is 2. The number of ether oxygens (including phenoxy) is 2. The molecule has 3 rings (SSSR count). The number of benzene rings is 2. The number of aliphatic hydroxyl groups excluding tert-OH is 1. The van der Waals surface area contributed by atoms with Crippen molar-refractivity contribution in [1.82, 2.24) is 4.90 Å². The molecule has 1 N–H and O–H groups in total. The molecular formula is C22H22BrNO5. The lowest BCUT2D eigenvalue weighted by Crippen LogP contribution is -2.31. The summed E-state index contributed by atoms with van der Waals surface area (Å²) in [7, 11) is 3.14. The van der Waals surface area contributed by atoms with Crippen LogP contribution in [0.25, 0.3) is 5.76 Å². The molecule has 0 radical (unpaired) electrons. The van der Waals surface area contributed by atoms with Crippen molar-refractivity contribution < 1.29 is 24.2 Å². The van der Waals surface area contributed by atoms with Crippen LogP contribution in [-0.2, 0) is 14.3 Å². The number of Topliss-reactive ketones (excluding diaryl/α,β-unsaturated/α-hetero) is 1. The van der Waals surface area contributed by atoms with E-state index in [-0.39, 0.29) is 11.3 Å². The van der Waals surface area contributed by atoms with Crippen molar-refractivity contribution in [3.8, 4) is 5.75 Å². The quantitative estimate of drug-likeness (QED) is 0.294. The van der Waals surface area contributed by atoms with Gasteiger partial charge >= 0.3 is 0 Å². The summed E-state index contributed by atoms with van der Waals surface area (Å²) in [6.07, 6.45) is 0.582. The molecule has 0 unspecified atom stereocenters. The molecule has 1 heterocycles. The Balaban J connectivity index is 2.09. The predicted octanol–water partition coefficient (Wildman–Crippen LogP) is 3.92. The van der Waals surface area contributed by atoms with Gasteiger partial charge in [-0.2, -0.15) is 0 Å². The molecule has 6 nitrogen and oxygen atoms in total. The highest BCUT2D eigenvalue weighted by Crippen LogP contribution is 2.39. The number of hydrogen-bond acceptors (Lipinski definition) is 5. The van der Waals surface area contributed by atoms with Gasteiger partial charge in [-0.3, -0.25) is 9.59 Å². The summed E-state index contributed by atoms with van der Waals surface area (Å²) in [5.74, 6) is -0.882. The molecule has 0 bridgehead atoms. The minimum Gasteiger partial charge on any atom is -0.507 e. The van der Waals surface area contributed by atoms with E-state index in [1.165, 1.54) is 4.90 Å². The number of carbonyl (C=O) groups excluding carboxylic acids is 2. The molecule has 1 amide bonds. The third-order valence-electron chi connectivity index (χ3n) is 4.84. The Morgan fingerprint density at radius 2 is 1.72 bits per heavy atom. The van der Waals surface area contributed by atoms with Crippen LogP contribution in [0.15, 0.2) is 58.6 Å². The molecule has 1 fully saturated rings. The van der Waals surface area contributed by atoms with Crippen molar-refractivity contribution >= 4 is 33.4 Å². The molecule has 29 heavy (non-hydrogen) atoms. The highest BCUT2D eigenvalue weighted by Gasteiger charge is 2.45. The summed E-state index contributed by atoms with van der Waals surface area (Å²) in [6, 6.07) is 13.4. The molecule has 0 aromatic heterocycles. The largest absolute Gasteiger partial charge is 0.507 e. The lowest BCUT2D eigenvalue weighted by molar-refractivity contribution is -0.140. The van der Waals surface area contributed by atoms with Crippen molar-refractivity contribution in [2.45, 2.75) is 12.5 Å². The van der Waals surface area contributed by atoms with Crippen LogP contribution in [-0.4, -0.2) is 49.1 Å². The third-order valence-corrected chi connectivity index (χ3v) is 5.37. The molecule has 0 saturated carbocycles. The fraction of sp³-hybridized carbons (Fsp3) is 0.273. The maximum absolute atomic E-state index is 12.9. The van der Waals surface area contributed by atoms with Crippen molar-refractivity contribution in [3.05, 3.63) is 69.7 Å². The summed E-state index contributed by atoms with van der Waals surface area (Å²) in [4.78, 5) is 27.1. The zero-order valence-electron chi connectivity index (χ0n) is 16.2. The second-order valence-electron chi connectivity index (χ2n) is 6.62. The summed E-state index contributed by atoms with van der Waals surface area (Å²) < 4.78 is 11.1. The van der Waals surface area contributed by atoms with Gasteiger partial charge in [-0.25, -0.2) is 0 Å². The minimum atomic E-state index is -0.691. The van der Waals surface area contributed by atoms with Gasteiger partial charge in [-0.15, -0.1) is 0 Å². The second kappa shape index (κ2) is 9.24. The molecule has 152 valence electrons. The van der Waals surface area contributed by atoms with Crippen molar-refractivity contribution in [2.24, 2.45) is 0 Å². The van der Waals surface area contributed by atoms with Crippen molar-refractivity contribution in [1.29, 1.82) is 0 Å². The number of nitrogens with zero attached hydrogens (tertiary/aromatic N) is 1. The molecule has 2 aromatic carbocycles. The predicted molar refractivity (Wildman–Crippen MR) is 113 cm³/mol. The van der Waals surface area contributed by atoms with Crippen LogP contribution in [0.5, 0.6) is 5.75 Å². The fourth-order valence-corrected chi connectivity index (χ4v) is 3.65. The van der Waals surface area contributed by atoms with Crippen LogP contribution >= 0.6 is 15.9 Å². The first-order valence-electron chi connectivity index (χ1n) is 9.15. The zero-order valence-corrected chi connectivity index (χ0v) is 17.8. The molecule has 1 saturated heterocycles. The maximum Gasteiger partial charge on any atom is 0.295 e. The number of carbonyl (C=O) groups is 2. The van der Waals surface area contributed by atoms with Gasteiger partial charge in [0.05, 0.1) is 18.7 Å². The number of halogens is 1. The Morgan fingerprint density at radius 3 is 2.31 bits per heavy atom. The molecule has 7 heteroatoms. The van der Waals surface area contributed by atoms with E-state index in [1.807, 2.05) is 24.3 Å². The Hall–Kier alpha value is -2.64. The van der Waals surface area contributed by atoms with Crippen LogP contribution < -0.4 is 4.74 Å². The number of amides is 1. The van der Waals surface area contributed by atoms with Gasteiger partial charge in [0.1, 0.15) is 11.5 Å². The second-order valence-corrected chi connectivity index (χ2v) is 7.53. The topological polar surface area (TPSA) is 76.1 Å². The highest BCUT2D eigenvalue weighted by molar-refractivity contribution is 9.10. The maximum atomic E-state index is 12.9. The molecule has 2 aromatic rings.